The number of aryl methyl sites for hydroxylation is 1. The number of hydrogen-bond acceptors (Lipinski definition) is 3. The van der Waals surface area contributed by atoms with Crippen LogP contribution < -0.4 is 11.1 Å². The third-order valence-corrected chi connectivity index (χ3v) is 2.84. The highest BCUT2D eigenvalue weighted by Gasteiger charge is 2.12. The predicted molar refractivity (Wildman–Crippen MR) is 69.8 cm³/mol. The van der Waals surface area contributed by atoms with E-state index in [9.17, 15) is 4.79 Å². The van der Waals surface area contributed by atoms with Crippen LogP contribution in [0.25, 0.3) is 0 Å². The van der Waals surface area contributed by atoms with E-state index in [1.807, 2.05) is 25.1 Å². The number of halogens is 1. The Labute approximate surface area is 107 Å². The van der Waals surface area contributed by atoms with Crippen molar-refractivity contribution in [3.8, 4) is 0 Å². The number of carbonyl (C=O) groups is 1. The maximum atomic E-state index is 11.9. The van der Waals surface area contributed by atoms with Gasteiger partial charge in [0.05, 0.1) is 6.20 Å². The zero-order valence-electron chi connectivity index (χ0n) is 9.12. The third-order valence-electron chi connectivity index (χ3n) is 2.35. The van der Waals surface area contributed by atoms with Crippen LogP contribution in [0.2, 0.25) is 0 Å². The van der Waals surface area contributed by atoms with Crippen molar-refractivity contribution in [3.05, 3.63) is 40.0 Å². The standard InChI is InChI=1S/C11H11BrN4O/c1-6-4-7(12)2-3-9(6)15-11(17)8-5-14-16-10(8)13/h2-5H,1H3,(H,15,17)(H3,13,14,16). The van der Waals surface area contributed by atoms with Gasteiger partial charge in [-0.1, -0.05) is 15.9 Å². The number of carbonyl (C=O) groups excluding carboxylic acids is 1. The summed E-state index contributed by atoms with van der Waals surface area (Å²) in [5, 5.41) is 9.00. The van der Waals surface area contributed by atoms with Gasteiger partial charge in [0.1, 0.15) is 11.4 Å². The number of nitrogens with two attached hydrogens (primary N) is 1. The molecule has 0 radical (unpaired) electrons. The summed E-state index contributed by atoms with van der Waals surface area (Å²) in [6.07, 6.45) is 1.40. The van der Waals surface area contributed by atoms with Crippen LogP contribution in [0.5, 0.6) is 0 Å². The summed E-state index contributed by atoms with van der Waals surface area (Å²) >= 11 is 3.37. The minimum Gasteiger partial charge on any atom is -0.383 e. The summed E-state index contributed by atoms with van der Waals surface area (Å²) in [6, 6.07) is 5.61. The number of hydrogen-bond donors (Lipinski definition) is 3. The molecule has 0 saturated heterocycles. The van der Waals surface area contributed by atoms with Crippen LogP contribution in [0.3, 0.4) is 0 Å². The van der Waals surface area contributed by atoms with Gasteiger partial charge in [-0.05, 0) is 30.7 Å². The number of aromatic amines is 1. The number of nitrogens with one attached hydrogen (secondary N) is 2. The fourth-order valence-electron chi connectivity index (χ4n) is 1.43. The van der Waals surface area contributed by atoms with Gasteiger partial charge in [-0.2, -0.15) is 5.10 Å². The van der Waals surface area contributed by atoms with Crippen LogP contribution >= 0.6 is 15.9 Å². The van der Waals surface area contributed by atoms with Gasteiger partial charge in [-0.15, -0.1) is 0 Å². The number of benzene rings is 1. The van der Waals surface area contributed by atoms with Crippen molar-refractivity contribution < 1.29 is 4.79 Å². The van der Waals surface area contributed by atoms with Crippen LogP contribution in [0.15, 0.2) is 28.9 Å². The van der Waals surface area contributed by atoms with Gasteiger partial charge in [0.15, 0.2) is 0 Å². The van der Waals surface area contributed by atoms with Gasteiger partial charge in [-0.3, -0.25) is 9.89 Å². The van der Waals surface area contributed by atoms with E-state index in [2.05, 4.69) is 31.4 Å². The molecule has 4 N–H and O–H groups in total. The molecule has 17 heavy (non-hydrogen) atoms. The van der Waals surface area contributed by atoms with E-state index in [0.29, 0.717) is 5.56 Å². The molecule has 0 spiro atoms. The van der Waals surface area contributed by atoms with Gasteiger partial charge in [0.2, 0.25) is 0 Å². The lowest BCUT2D eigenvalue weighted by atomic mass is 10.2. The van der Waals surface area contributed by atoms with Crippen molar-refractivity contribution in [2.75, 3.05) is 11.1 Å². The minimum absolute atomic E-state index is 0.261. The molecule has 2 aromatic rings. The number of rotatable bonds is 2. The van der Waals surface area contributed by atoms with Crippen LogP contribution in [0.1, 0.15) is 15.9 Å². The van der Waals surface area contributed by atoms with Gasteiger partial charge >= 0.3 is 0 Å². The monoisotopic (exact) mass is 294 g/mol. The molecule has 0 aliphatic rings. The third kappa shape index (κ3) is 2.47. The van der Waals surface area contributed by atoms with E-state index in [0.717, 1.165) is 15.7 Å². The zero-order valence-corrected chi connectivity index (χ0v) is 10.7. The van der Waals surface area contributed by atoms with Crippen LogP contribution in [0.4, 0.5) is 11.5 Å². The zero-order chi connectivity index (χ0) is 12.4. The van der Waals surface area contributed by atoms with Gasteiger partial charge < -0.3 is 11.1 Å². The molecule has 0 aliphatic heterocycles. The molecule has 88 valence electrons. The van der Waals surface area contributed by atoms with Gasteiger partial charge in [0.25, 0.3) is 5.91 Å². The second kappa shape index (κ2) is 4.58. The number of nitrogen functional groups attached to an aromatic ring is 1. The van der Waals surface area contributed by atoms with Crippen molar-refractivity contribution >= 4 is 33.3 Å². The number of nitrogens with zero attached hydrogens (tertiary/aromatic N) is 1. The van der Waals surface area contributed by atoms with Crippen molar-refractivity contribution in [3.63, 3.8) is 0 Å². The molecule has 0 fully saturated rings. The minimum atomic E-state index is -0.276. The number of anilines is 2. The Morgan fingerprint density at radius 1 is 1.53 bits per heavy atom. The Kier molecular flexibility index (Phi) is 3.14. The lowest BCUT2D eigenvalue weighted by Crippen LogP contribution is -2.13. The first-order valence-corrected chi connectivity index (χ1v) is 5.73. The molecule has 0 bridgehead atoms. The maximum Gasteiger partial charge on any atom is 0.261 e. The summed E-state index contributed by atoms with van der Waals surface area (Å²) in [4.78, 5) is 11.9. The van der Waals surface area contributed by atoms with Gasteiger partial charge in [0, 0.05) is 10.2 Å². The van der Waals surface area contributed by atoms with Crippen LogP contribution in [-0.2, 0) is 0 Å². The highest BCUT2D eigenvalue weighted by molar-refractivity contribution is 9.10. The summed E-state index contributed by atoms with van der Waals surface area (Å²) < 4.78 is 0.968. The summed E-state index contributed by atoms with van der Waals surface area (Å²) in [5.74, 6) is -0.0149. The Morgan fingerprint density at radius 3 is 2.88 bits per heavy atom. The first-order chi connectivity index (χ1) is 8.08. The average molecular weight is 295 g/mol. The Morgan fingerprint density at radius 2 is 2.29 bits per heavy atom. The molecule has 0 aliphatic carbocycles. The molecular formula is C11H11BrN4O. The number of H-pyrrole nitrogens is 1. The number of aromatic nitrogens is 2. The smallest absolute Gasteiger partial charge is 0.261 e. The second-order valence-electron chi connectivity index (χ2n) is 3.61. The highest BCUT2D eigenvalue weighted by Crippen LogP contribution is 2.21. The largest absolute Gasteiger partial charge is 0.383 e. The molecule has 1 amide bonds. The molecule has 1 aromatic carbocycles. The molecule has 0 unspecified atom stereocenters. The van der Waals surface area contributed by atoms with E-state index in [4.69, 9.17) is 5.73 Å². The van der Waals surface area contributed by atoms with E-state index in [-0.39, 0.29) is 11.7 Å². The Hall–Kier alpha value is -1.82. The molecule has 2 rings (SSSR count). The molecule has 1 aromatic heterocycles. The molecular weight excluding hydrogens is 284 g/mol. The van der Waals surface area contributed by atoms with Crippen LogP contribution in [0, 0.1) is 6.92 Å². The van der Waals surface area contributed by atoms with Crippen molar-refractivity contribution in [2.24, 2.45) is 0 Å². The fourth-order valence-corrected chi connectivity index (χ4v) is 1.91. The number of amides is 1. The summed E-state index contributed by atoms with van der Waals surface area (Å²) in [7, 11) is 0. The summed E-state index contributed by atoms with van der Waals surface area (Å²) in [5.41, 5.74) is 7.63. The van der Waals surface area contributed by atoms with E-state index in [1.54, 1.807) is 0 Å². The van der Waals surface area contributed by atoms with Crippen molar-refractivity contribution in [2.45, 2.75) is 6.92 Å². The first-order valence-electron chi connectivity index (χ1n) is 4.94. The Bertz CT molecular complexity index is 564. The van der Waals surface area contributed by atoms with Crippen molar-refractivity contribution in [1.29, 1.82) is 0 Å². The molecule has 1 heterocycles. The van der Waals surface area contributed by atoms with E-state index < -0.39 is 0 Å². The van der Waals surface area contributed by atoms with Crippen molar-refractivity contribution in [1.82, 2.24) is 10.2 Å². The predicted octanol–water partition coefficient (Wildman–Crippen LogP) is 2.32. The van der Waals surface area contributed by atoms with E-state index in [1.165, 1.54) is 6.20 Å². The molecule has 0 atom stereocenters. The first kappa shape index (κ1) is 11.7. The fraction of sp³-hybridized carbons (Fsp3) is 0.0909. The lowest BCUT2D eigenvalue weighted by Gasteiger charge is -2.07. The molecule has 6 heteroatoms. The molecule has 5 nitrogen and oxygen atoms in total. The van der Waals surface area contributed by atoms with Gasteiger partial charge in [-0.25, -0.2) is 0 Å². The molecule has 0 saturated carbocycles. The maximum absolute atomic E-state index is 11.9. The Balaban J connectivity index is 2.22. The quantitative estimate of drug-likeness (QED) is 0.795. The van der Waals surface area contributed by atoms with Crippen LogP contribution in [-0.4, -0.2) is 16.1 Å². The summed E-state index contributed by atoms with van der Waals surface area (Å²) in [6.45, 7) is 1.92. The lowest BCUT2D eigenvalue weighted by molar-refractivity contribution is 0.102. The second-order valence-corrected chi connectivity index (χ2v) is 4.53. The average Bonchev–Trinajstić information content (AvgIpc) is 2.68. The van der Waals surface area contributed by atoms with E-state index >= 15 is 0 Å². The SMILES string of the molecule is Cc1cc(Br)ccc1NC(=O)c1cn[nH]c1N. The topological polar surface area (TPSA) is 83.8 Å². The highest BCUT2D eigenvalue weighted by atomic mass is 79.9. The normalized spacial score (nSPS) is 10.2.